The molecule has 4 rings (SSSR count). The van der Waals surface area contributed by atoms with Crippen LogP contribution in [0.1, 0.15) is 33.4 Å². The van der Waals surface area contributed by atoms with Crippen molar-refractivity contribution in [3.63, 3.8) is 0 Å². The Labute approximate surface area is 171 Å². The molecule has 0 aliphatic carbocycles. The van der Waals surface area contributed by atoms with E-state index >= 15 is 0 Å². The van der Waals surface area contributed by atoms with Gasteiger partial charge in [-0.15, -0.1) is 5.10 Å². The van der Waals surface area contributed by atoms with Gasteiger partial charge in [0.15, 0.2) is 5.69 Å². The van der Waals surface area contributed by atoms with Gasteiger partial charge in [-0.2, -0.15) is 0 Å². The molecule has 0 spiro atoms. The minimum atomic E-state index is -0.430. The van der Waals surface area contributed by atoms with Crippen LogP contribution in [0.5, 0.6) is 5.75 Å². The summed E-state index contributed by atoms with van der Waals surface area (Å²) in [7, 11) is 1.62. The van der Waals surface area contributed by atoms with Gasteiger partial charge < -0.3 is 14.8 Å². The molecule has 9 heteroatoms. The molecule has 1 amide bonds. The van der Waals surface area contributed by atoms with Crippen molar-refractivity contribution >= 4 is 17.5 Å². The van der Waals surface area contributed by atoms with Crippen LogP contribution in [0, 0.1) is 5.82 Å². The summed E-state index contributed by atoms with van der Waals surface area (Å²) in [6.45, 7) is 0.815. The molecule has 2 heterocycles. The average Bonchev–Trinajstić information content (AvgIpc) is 3.16. The Balaban J connectivity index is 1.43. The summed E-state index contributed by atoms with van der Waals surface area (Å²) in [6.07, 6.45) is -0.191. The first-order chi connectivity index (χ1) is 14.0. The quantitative estimate of drug-likeness (QED) is 0.690. The number of ether oxygens (including phenoxy) is 2. The molecule has 0 saturated heterocycles. The Morgan fingerprint density at radius 3 is 2.86 bits per heavy atom. The van der Waals surface area contributed by atoms with E-state index in [0.717, 1.165) is 11.3 Å². The van der Waals surface area contributed by atoms with E-state index in [4.69, 9.17) is 21.1 Å². The van der Waals surface area contributed by atoms with Crippen LogP contribution in [-0.2, 0) is 24.4 Å². The second-order valence-corrected chi connectivity index (χ2v) is 6.97. The van der Waals surface area contributed by atoms with E-state index < -0.39 is 11.7 Å². The van der Waals surface area contributed by atoms with E-state index in [1.165, 1.54) is 18.2 Å². The van der Waals surface area contributed by atoms with Gasteiger partial charge >= 0.3 is 0 Å². The topological polar surface area (TPSA) is 78.3 Å². The van der Waals surface area contributed by atoms with Gasteiger partial charge in [-0.25, -0.2) is 9.07 Å². The van der Waals surface area contributed by atoms with E-state index in [1.807, 2.05) is 24.3 Å². The SMILES string of the molecule is COc1ccc(C2Cn3nnc(C(=O)NCc4ccc(F)cc4Cl)c3CO2)cc1. The molecule has 1 atom stereocenters. The molecule has 1 N–H and O–H groups in total. The predicted molar refractivity (Wildman–Crippen MR) is 103 cm³/mol. The van der Waals surface area contributed by atoms with Crippen LogP contribution in [0.4, 0.5) is 4.39 Å². The lowest BCUT2D eigenvalue weighted by atomic mass is 10.1. The van der Waals surface area contributed by atoms with Gasteiger partial charge in [-0.1, -0.05) is 35.0 Å². The van der Waals surface area contributed by atoms with Gasteiger partial charge in [-0.3, -0.25) is 4.79 Å². The molecule has 29 heavy (non-hydrogen) atoms. The van der Waals surface area contributed by atoms with Crippen LogP contribution < -0.4 is 10.1 Å². The van der Waals surface area contributed by atoms with Crippen LogP contribution in [0.25, 0.3) is 0 Å². The molecule has 150 valence electrons. The largest absolute Gasteiger partial charge is 0.497 e. The number of halogens is 2. The first kappa shape index (κ1) is 19.4. The maximum Gasteiger partial charge on any atom is 0.274 e. The van der Waals surface area contributed by atoms with Crippen molar-refractivity contribution in [3.05, 3.63) is 75.8 Å². The predicted octanol–water partition coefficient (Wildman–Crippen LogP) is 3.28. The summed E-state index contributed by atoms with van der Waals surface area (Å²) in [5.74, 6) is -0.0506. The fraction of sp³-hybridized carbons (Fsp3) is 0.250. The van der Waals surface area contributed by atoms with Crippen molar-refractivity contribution < 1.29 is 18.7 Å². The average molecular weight is 417 g/mol. The number of nitrogens with zero attached hydrogens (tertiary/aromatic N) is 3. The minimum Gasteiger partial charge on any atom is -0.497 e. The Kier molecular flexibility index (Phi) is 5.46. The standard InChI is InChI=1S/C20H18ClFN4O3/c1-28-15-6-3-12(4-7-15)18-10-26-17(11-29-18)19(24-25-26)20(27)23-9-13-2-5-14(22)8-16(13)21/h2-8,18H,9-11H2,1H3,(H,23,27). The monoisotopic (exact) mass is 416 g/mol. The van der Waals surface area contributed by atoms with Gasteiger partial charge in [0.25, 0.3) is 5.91 Å². The second kappa shape index (κ2) is 8.18. The van der Waals surface area contributed by atoms with Gasteiger partial charge in [0.05, 0.1) is 26.0 Å². The molecule has 3 aromatic rings. The summed E-state index contributed by atoms with van der Waals surface area (Å²) >= 11 is 6.00. The maximum atomic E-state index is 13.1. The third-order valence-corrected chi connectivity index (χ3v) is 5.11. The highest BCUT2D eigenvalue weighted by Crippen LogP contribution is 2.28. The lowest BCUT2D eigenvalue weighted by Crippen LogP contribution is -2.27. The van der Waals surface area contributed by atoms with Crippen molar-refractivity contribution in [1.29, 1.82) is 0 Å². The highest BCUT2D eigenvalue weighted by molar-refractivity contribution is 6.31. The van der Waals surface area contributed by atoms with Gasteiger partial charge in [0.2, 0.25) is 0 Å². The molecule has 2 aromatic carbocycles. The summed E-state index contributed by atoms with van der Waals surface area (Å²) in [5, 5.41) is 11.1. The van der Waals surface area contributed by atoms with Crippen LogP contribution >= 0.6 is 11.6 Å². The highest BCUT2D eigenvalue weighted by Gasteiger charge is 2.27. The molecule has 1 aliphatic heterocycles. The maximum absolute atomic E-state index is 13.1. The van der Waals surface area contributed by atoms with Crippen LogP contribution in [0.2, 0.25) is 5.02 Å². The van der Waals surface area contributed by atoms with Gasteiger partial charge in [0, 0.05) is 11.6 Å². The number of aromatic nitrogens is 3. The first-order valence-corrected chi connectivity index (χ1v) is 9.33. The Hall–Kier alpha value is -2.97. The molecule has 1 unspecified atom stereocenters. The normalized spacial score (nSPS) is 15.6. The summed E-state index contributed by atoms with van der Waals surface area (Å²) in [4.78, 5) is 12.5. The Bertz CT molecular complexity index is 1040. The molecule has 0 bridgehead atoms. The fourth-order valence-electron chi connectivity index (χ4n) is 3.13. The Morgan fingerprint density at radius 2 is 2.14 bits per heavy atom. The molecular formula is C20H18ClFN4O3. The molecular weight excluding hydrogens is 399 g/mol. The van der Waals surface area contributed by atoms with Crippen LogP contribution in [-0.4, -0.2) is 28.0 Å². The molecule has 1 aromatic heterocycles. The zero-order chi connectivity index (χ0) is 20.4. The summed E-state index contributed by atoms with van der Waals surface area (Å²) in [6, 6.07) is 11.6. The number of carbonyl (C=O) groups excluding carboxylic acids is 1. The number of methoxy groups -OCH3 is 1. The molecule has 0 saturated carbocycles. The molecule has 7 nitrogen and oxygen atoms in total. The van der Waals surface area contributed by atoms with Crippen molar-refractivity contribution in [3.8, 4) is 5.75 Å². The van der Waals surface area contributed by atoms with Crippen molar-refractivity contribution in [2.24, 2.45) is 0 Å². The lowest BCUT2D eigenvalue weighted by Gasteiger charge is -2.24. The summed E-state index contributed by atoms with van der Waals surface area (Å²) in [5.41, 5.74) is 2.41. The van der Waals surface area contributed by atoms with Crippen molar-refractivity contribution in [1.82, 2.24) is 20.3 Å². The smallest absolute Gasteiger partial charge is 0.274 e. The van der Waals surface area contributed by atoms with E-state index in [-0.39, 0.29) is 30.0 Å². The van der Waals surface area contributed by atoms with E-state index in [2.05, 4.69) is 15.6 Å². The number of carbonyl (C=O) groups is 1. The molecule has 0 fully saturated rings. The second-order valence-electron chi connectivity index (χ2n) is 6.56. The van der Waals surface area contributed by atoms with E-state index in [9.17, 15) is 9.18 Å². The zero-order valence-electron chi connectivity index (χ0n) is 15.6. The van der Waals surface area contributed by atoms with Gasteiger partial charge in [-0.05, 0) is 35.4 Å². The highest BCUT2D eigenvalue weighted by atomic mass is 35.5. The summed E-state index contributed by atoms with van der Waals surface area (Å²) < 4.78 is 25.9. The first-order valence-electron chi connectivity index (χ1n) is 8.95. The number of benzene rings is 2. The number of hydrogen-bond donors (Lipinski definition) is 1. The third kappa shape index (κ3) is 4.08. The number of hydrogen-bond acceptors (Lipinski definition) is 5. The fourth-order valence-corrected chi connectivity index (χ4v) is 3.37. The van der Waals surface area contributed by atoms with E-state index in [1.54, 1.807) is 11.8 Å². The number of rotatable bonds is 5. The Morgan fingerprint density at radius 1 is 1.34 bits per heavy atom. The van der Waals surface area contributed by atoms with Gasteiger partial charge in [0.1, 0.15) is 17.7 Å². The third-order valence-electron chi connectivity index (χ3n) is 4.75. The number of nitrogens with one attached hydrogen (secondary N) is 1. The molecule has 0 radical (unpaired) electrons. The molecule has 1 aliphatic rings. The van der Waals surface area contributed by atoms with Crippen molar-refractivity contribution in [2.45, 2.75) is 25.8 Å². The lowest BCUT2D eigenvalue weighted by molar-refractivity contribution is -0.00179. The number of amides is 1. The zero-order valence-corrected chi connectivity index (χ0v) is 16.3. The minimum absolute atomic E-state index is 0.152. The van der Waals surface area contributed by atoms with Crippen molar-refractivity contribution in [2.75, 3.05) is 7.11 Å². The van der Waals surface area contributed by atoms with Crippen LogP contribution in [0.3, 0.4) is 0 Å². The van der Waals surface area contributed by atoms with Crippen LogP contribution in [0.15, 0.2) is 42.5 Å². The number of fused-ring (bicyclic) bond motifs is 1. The van der Waals surface area contributed by atoms with E-state index in [0.29, 0.717) is 17.8 Å².